The van der Waals surface area contributed by atoms with Crippen molar-refractivity contribution in [2.45, 2.75) is 45.4 Å². The molecule has 1 saturated carbocycles. The first-order chi connectivity index (χ1) is 6.52. The van der Waals surface area contributed by atoms with Crippen LogP contribution in [0.5, 0.6) is 0 Å². The van der Waals surface area contributed by atoms with Crippen molar-refractivity contribution < 1.29 is 23.4 Å². The molecule has 0 aliphatic heterocycles. The molecule has 0 amide bonds. The quantitative estimate of drug-likeness (QED) is 0.718. The first-order valence-corrected chi connectivity index (χ1v) is 4.92. The van der Waals surface area contributed by atoms with Crippen LogP contribution in [0.1, 0.15) is 33.6 Å². The maximum absolute atomic E-state index is 12.8. The highest BCUT2D eigenvalue weighted by Gasteiger charge is 2.70. The third kappa shape index (κ3) is 1.40. The zero-order valence-electron chi connectivity index (χ0n) is 9.15. The predicted molar refractivity (Wildman–Crippen MR) is 49.2 cm³/mol. The van der Waals surface area contributed by atoms with Gasteiger partial charge in [-0.15, -0.1) is 0 Å². The molecule has 2 nitrogen and oxygen atoms in total. The van der Waals surface area contributed by atoms with Crippen molar-refractivity contribution in [1.29, 1.82) is 0 Å². The van der Waals surface area contributed by atoms with E-state index in [1.165, 1.54) is 13.8 Å². The molecule has 0 heterocycles. The maximum atomic E-state index is 12.8. The second-order valence-corrected chi connectivity index (χ2v) is 5.20. The molecule has 0 radical (unpaired) electrons. The van der Waals surface area contributed by atoms with Gasteiger partial charge in [-0.3, -0.25) is 0 Å². The fourth-order valence-corrected chi connectivity index (χ4v) is 2.35. The molecule has 0 spiro atoms. The number of alkyl halides is 3. The number of halogens is 3. The van der Waals surface area contributed by atoms with E-state index >= 15 is 0 Å². The summed E-state index contributed by atoms with van der Waals surface area (Å²) >= 11 is 0. The molecule has 1 rings (SSSR count). The fraction of sp³-hybridized carbons (Fsp3) is 1.00. The second-order valence-electron chi connectivity index (χ2n) is 5.20. The first kappa shape index (κ1) is 12.8. The van der Waals surface area contributed by atoms with Crippen LogP contribution < -0.4 is 0 Å². The molecule has 0 aromatic carbocycles. The lowest BCUT2D eigenvalue weighted by molar-refractivity contribution is -0.298. The highest BCUT2D eigenvalue weighted by Crippen LogP contribution is 2.62. The van der Waals surface area contributed by atoms with E-state index in [1.54, 1.807) is 6.92 Å². The van der Waals surface area contributed by atoms with Crippen LogP contribution in [0.4, 0.5) is 13.2 Å². The van der Waals surface area contributed by atoms with Crippen LogP contribution in [0.25, 0.3) is 0 Å². The smallest absolute Gasteiger partial charge is 0.396 e. The molecule has 2 N–H and O–H groups in total. The number of hydrogen-bond donors (Lipinski definition) is 2. The summed E-state index contributed by atoms with van der Waals surface area (Å²) in [7, 11) is 0. The van der Waals surface area contributed by atoms with Gasteiger partial charge in [-0.25, -0.2) is 0 Å². The van der Waals surface area contributed by atoms with Crippen molar-refractivity contribution in [3.05, 3.63) is 0 Å². The van der Waals surface area contributed by atoms with Crippen molar-refractivity contribution in [1.82, 2.24) is 0 Å². The van der Waals surface area contributed by atoms with Crippen LogP contribution >= 0.6 is 0 Å². The van der Waals surface area contributed by atoms with E-state index in [-0.39, 0.29) is 19.4 Å². The number of aliphatic hydroxyl groups is 2. The Morgan fingerprint density at radius 3 is 1.80 bits per heavy atom. The summed E-state index contributed by atoms with van der Waals surface area (Å²) in [5.74, 6) is 0. The van der Waals surface area contributed by atoms with Gasteiger partial charge in [-0.05, 0) is 18.3 Å². The zero-order chi connectivity index (χ0) is 12.1. The summed E-state index contributed by atoms with van der Waals surface area (Å²) in [6, 6.07) is 0. The molecule has 2 atom stereocenters. The summed E-state index contributed by atoms with van der Waals surface area (Å²) in [5, 5.41) is 19.0. The molecular formula is C10H17F3O2. The summed E-state index contributed by atoms with van der Waals surface area (Å²) in [4.78, 5) is 0. The van der Waals surface area contributed by atoms with Gasteiger partial charge in [0.1, 0.15) is 0 Å². The predicted octanol–water partition coefficient (Wildman–Crippen LogP) is 2.10. The highest BCUT2D eigenvalue weighted by atomic mass is 19.4. The molecule has 0 aromatic rings. The minimum atomic E-state index is -4.65. The average Bonchev–Trinajstić information content (AvgIpc) is 2.27. The summed E-state index contributed by atoms with van der Waals surface area (Å²) in [6.07, 6.45) is -4.82. The highest BCUT2D eigenvalue weighted by molar-refractivity contribution is 5.12. The Labute approximate surface area is 87.1 Å². The first-order valence-electron chi connectivity index (χ1n) is 4.92. The van der Waals surface area contributed by atoms with Gasteiger partial charge in [-0.1, -0.05) is 20.8 Å². The summed E-state index contributed by atoms with van der Waals surface area (Å²) in [6.45, 7) is 3.96. The minimum Gasteiger partial charge on any atom is -0.396 e. The lowest BCUT2D eigenvalue weighted by Gasteiger charge is -2.45. The van der Waals surface area contributed by atoms with Crippen molar-refractivity contribution in [2.75, 3.05) is 6.61 Å². The molecule has 90 valence electrons. The molecule has 1 aliphatic carbocycles. The molecule has 2 unspecified atom stereocenters. The Kier molecular flexibility index (Phi) is 2.64. The molecular weight excluding hydrogens is 209 g/mol. The Morgan fingerprint density at radius 2 is 1.60 bits per heavy atom. The molecule has 1 aliphatic rings. The Hall–Kier alpha value is -0.290. The van der Waals surface area contributed by atoms with E-state index in [4.69, 9.17) is 0 Å². The molecule has 0 aromatic heterocycles. The van der Waals surface area contributed by atoms with E-state index < -0.39 is 22.6 Å². The maximum Gasteiger partial charge on any atom is 0.417 e. The van der Waals surface area contributed by atoms with Gasteiger partial charge in [0.05, 0.1) is 0 Å². The van der Waals surface area contributed by atoms with Crippen LogP contribution in [-0.4, -0.2) is 28.6 Å². The van der Waals surface area contributed by atoms with Crippen LogP contribution in [0, 0.1) is 10.8 Å². The Morgan fingerprint density at radius 1 is 1.13 bits per heavy atom. The van der Waals surface area contributed by atoms with Gasteiger partial charge in [0, 0.05) is 12.0 Å². The minimum absolute atomic E-state index is 0.173. The van der Waals surface area contributed by atoms with Crippen molar-refractivity contribution >= 4 is 0 Å². The average molecular weight is 226 g/mol. The number of rotatable bonds is 1. The van der Waals surface area contributed by atoms with Crippen LogP contribution in [0.3, 0.4) is 0 Å². The topological polar surface area (TPSA) is 40.5 Å². The van der Waals surface area contributed by atoms with Crippen LogP contribution in [0.2, 0.25) is 0 Å². The zero-order valence-corrected chi connectivity index (χ0v) is 9.15. The van der Waals surface area contributed by atoms with E-state index in [0.717, 1.165) is 0 Å². The van der Waals surface area contributed by atoms with Gasteiger partial charge in [-0.2, -0.15) is 13.2 Å². The van der Waals surface area contributed by atoms with Gasteiger partial charge in [0.25, 0.3) is 0 Å². The molecule has 0 bridgehead atoms. The Balaban J connectivity index is 3.19. The standard InChI is InChI=1S/C10H17F3O2/c1-7(2)8(3,6-14)4-5-9(7,15)10(11,12)13/h14-15H,4-6H2,1-3H3. The number of hydrogen-bond acceptors (Lipinski definition) is 2. The largest absolute Gasteiger partial charge is 0.417 e. The second kappa shape index (κ2) is 3.10. The monoisotopic (exact) mass is 226 g/mol. The van der Waals surface area contributed by atoms with Crippen LogP contribution in [-0.2, 0) is 0 Å². The van der Waals surface area contributed by atoms with Gasteiger partial charge in [0.2, 0.25) is 0 Å². The third-order valence-electron chi connectivity index (χ3n) is 4.40. The van der Waals surface area contributed by atoms with E-state index in [2.05, 4.69) is 0 Å². The van der Waals surface area contributed by atoms with Crippen molar-refractivity contribution in [2.24, 2.45) is 10.8 Å². The summed E-state index contributed by atoms with van der Waals surface area (Å²) in [5.41, 5.74) is -4.97. The van der Waals surface area contributed by atoms with Gasteiger partial charge in [0.15, 0.2) is 5.60 Å². The molecule has 1 fully saturated rings. The fourth-order valence-electron chi connectivity index (χ4n) is 2.35. The molecule has 5 heteroatoms. The van der Waals surface area contributed by atoms with Gasteiger partial charge < -0.3 is 10.2 Å². The lowest BCUT2D eigenvalue weighted by Crippen LogP contribution is -2.57. The van der Waals surface area contributed by atoms with Crippen molar-refractivity contribution in [3.8, 4) is 0 Å². The van der Waals surface area contributed by atoms with E-state index in [0.29, 0.717) is 0 Å². The lowest BCUT2D eigenvalue weighted by atomic mass is 9.64. The molecule has 15 heavy (non-hydrogen) atoms. The van der Waals surface area contributed by atoms with Crippen LogP contribution in [0.15, 0.2) is 0 Å². The number of aliphatic hydroxyl groups excluding tert-OH is 1. The third-order valence-corrected chi connectivity index (χ3v) is 4.40. The van der Waals surface area contributed by atoms with Crippen molar-refractivity contribution in [3.63, 3.8) is 0 Å². The van der Waals surface area contributed by atoms with E-state index in [9.17, 15) is 23.4 Å². The normalized spacial score (nSPS) is 40.8. The van der Waals surface area contributed by atoms with Gasteiger partial charge >= 0.3 is 6.18 Å². The molecule has 0 saturated heterocycles. The Bertz CT molecular complexity index is 262. The SMILES string of the molecule is CC1(CO)CCC(O)(C(F)(F)F)C1(C)C. The van der Waals surface area contributed by atoms with E-state index in [1.807, 2.05) is 0 Å². The summed E-state index contributed by atoms with van der Waals surface area (Å²) < 4.78 is 38.4.